The molecule has 2 heterocycles. The number of alkyl halides is 1. The number of imidazole rings is 1. The number of aryl methyl sites for hydroxylation is 3. The minimum Gasteiger partial charge on any atom is -0.370 e. The molecule has 1 atom stereocenters. The van der Waals surface area contributed by atoms with Crippen molar-refractivity contribution in [2.24, 2.45) is 12.8 Å². The third-order valence-electron chi connectivity index (χ3n) is 3.25. The summed E-state index contributed by atoms with van der Waals surface area (Å²) in [4.78, 5) is 15.7. The van der Waals surface area contributed by atoms with Crippen LogP contribution in [0.25, 0.3) is 11.2 Å². The lowest BCUT2D eigenvalue weighted by molar-refractivity contribution is -0.118. The Balaban J connectivity index is 2.55. The molecular formula is C13H20ClN5O. The quantitative estimate of drug-likeness (QED) is 0.827. The fraction of sp³-hybridized carbons (Fsp3) is 0.615. The lowest BCUT2D eigenvalue weighted by atomic mass is 10.2. The molecule has 2 N–H and O–H groups in total. The average molecular weight is 298 g/mol. The number of nitrogens with two attached hydrogens (primary N) is 1. The number of aromatic nitrogens is 4. The Morgan fingerprint density at radius 2 is 2.20 bits per heavy atom. The molecule has 7 heteroatoms. The summed E-state index contributed by atoms with van der Waals surface area (Å²) in [7, 11) is 1.88. The third kappa shape index (κ3) is 2.65. The predicted molar refractivity (Wildman–Crippen MR) is 78.6 cm³/mol. The Bertz CT molecular complexity index is 628. The molecule has 0 aliphatic carbocycles. The lowest BCUT2D eigenvalue weighted by Crippen LogP contribution is -2.16. The minimum atomic E-state index is -0.337. The maximum atomic E-state index is 11.0. The van der Waals surface area contributed by atoms with Crippen molar-refractivity contribution in [1.29, 1.82) is 0 Å². The molecule has 20 heavy (non-hydrogen) atoms. The largest absolute Gasteiger partial charge is 0.370 e. The Morgan fingerprint density at radius 3 is 2.75 bits per heavy atom. The van der Waals surface area contributed by atoms with E-state index in [0.29, 0.717) is 6.54 Å². The van der Waals surface area contributed by atoms with Gasteiger partial charge in [-0.25, -0.2) is 4.98 Å². The van der Waals surface area contributed by atoms with Gasteiger partial charge < -0.3 is 10.3 Å². The summed E-state index contributed by atoms with van der Waals surface area (Å²) >= 11 is 6.20. The molecule has 0 radical (unpaired) electrons. The molecular weight excluding hydrogens is 278 g/mol. The second-order valence-electron chi connectivity index (χ2n) is 4.95. The summed E-state index contributed by atoms with van der Waals surface area (Å²) in [6.45, 7) is 4.45. The van der Waals surface area contributed by atoms with E-state index in [-0.39, 0.29) is 17.7 Å². The van der Waals surface area contributed by atoms with Crippen LogP contribution >= 0.6 is 11.6 Å². The normalized spacial score (nSPS) is 13.0. The van der Waals surface area contributed by atoms with Gasteiger partial charge in [-0.2, -0.15) is 5.10 Å². The van der Waals surface area contributed by atoms with Gasteiger partial charge in [0.05, 0.1) is 11.1 Å². The van der Waals surface area contributed by atoms with Crippen LogP contribution < -0.4 is 5.73 Å². The molecule has 0 aromatic carbocycles. The molecule has 0 bridgehead atoms. The molecule has 0 saturated heterocycles. The van der Waals surface area contributed by atoms with Crippen LogP contribution in [-0.2, 0) is 24.8 Å². The van der Waals surface area contributed by atoms with E-state index in [2.05, 4.69) is 17.0 Å². The van der Waals surface area contributed by atoms with Gasteiger partial charge in [0.1, 0.15) is 11.3 Å². The first kappa shape index (κ1) is 14.8. The van der Waals surface area contributed by atoms with Gasteiger partial charge in [0.2, 0.25) is 5.91 Å². The van der Waals surface area contributed by atoms with Crippen molar-refractivity contribution in [3.8, 4) is 0 Å². The van der Waals surface area contributed by atoms with E-state index in [0.717, 1.165) is 35.5 Å². The van der Waals surface area contributed by atoms with Crippen LogP contribution in [0.2, 0.25) is 0 Å². The van der Waals surface area contributed by atoms with Crippen LogP contribution in [0.1, 0.15) is 43.6 Å². The van der Waals surface area contributed by atoms with E-state index < -0.39 is 0 Å². The molecule has 0 fully saturated rings. The van der Waals surface area contributed by atoms with Gasteiger partial charge in [0, 0.05) is 20.0 Å². The van der Waals surface area contributed by atoms with Crippen LogP contribution in [0.15, 0.2) is 0 Å². The van der Waals surface area contributed by atoms with Gasteiger partial charge in [0.15, 0.2) is 5.65 Å². The molecule has 6 nitrogen and oxygen atoms in total. The molecule has 110 valence electrons. The number of primary amides is 1. The summed E-state index contributed by atoms with van der Waals surface area (Å²) in [5.41, 5.74) is 7.99. The Labute approximate surface area is 122 Å². The van der Waals surface area contributed by atoms with Crippen molar-refractivity contribution in [2.45, 2.75) is 45.0 Å². The topological polar surface area (TPSA) is 78.7 Å². The first-order valence-electron chi connectivity index (χ1n) is 6.80. The molecule has 0 saturated carbocycles. The fourth-order valence-electron chi connectivity index (χ4n) is 2.41. The number of halogens is 1. The molecule has 0 spiro atoms. The zero-order valence-corrected chi connectivity index (χ0v) is 12.8. The van der Waals surface area contributed by atoms with E-state index >= 15 is 0 Å². The number of nitrogens with zero attached hydrogens (tertiary/aromatic N) is 4. The van der Waals surface area contributed by atoms with Gasteiger partial charge in [-0.3, -0.25) is 9.48 Å². The SMILES string of the molecule is CCCc1nn(C)c2c1nc(C(C)Cl)n2CCC(N)=O. The van der Waals surface area contributed by atoms with Crippen LogP contribution in [0, 0.1) is 0 Å². The number of fused-ring (bicyclic) bond motifs is 1. The van der Waals surface area contributed by atoms with E-state index in [1.807, 2.05) is 18.5 Å². The zero-order chi connectivity index (χ0) is 14.9. The predicted octanol–water partition coefficient (Wildman–Crippen LogP) is 1.90. The van der Waals surface area contributed by atoms with Crippen molar-refractivity contribution in [1.82, 2.24) is 19.3 Å². The first-order chi connectivity index (χ1) is 9.45. The minimum absolute atomic E-state index is 0.232. The summed E-state index contributed by atoms with van der Waals surface area (Å²) < 4.78 is 3.75. The van der Waals surface area contributed by atoms with Crippen LogP contribution in [0.3, 0.4) is 0 Å². The number of carbonyl (C=O) groups excluding carboxylic acids is 1. The molecule has 1 amide bonds. The number of hydrogen-bond donors (Lipinski definition) is 1. The van der Waals surface area contributed by atoms with Crippen molar-refractivity contribution in [3.63, 3.8) is 0 Å². The van der Waals surface area contributed by atoms with Crippen LogP contribution in [0.5, 0.6) is 0 Å². The molecule has 0 aliphatic rings. The van der Waals surface area contributed by atoms with Gasteiger partial charge in [0.25, 0.3) is 0 Å². The maximum absolute atomic E-state index is 11.0. The third-order valence-corrected chi connectivity index (χ3v) is 3.44. The number of rotatable bonds is 6. The maximum Gasteiger partial charge on any atom is 0.219 e. The van der Waals surface area contributed by atoms with E-state index in [1.165, 1.54) is 0 Å². The van der Waals surface area contributed by atoms with Crippen molar-refractivity contribution < 1.29 is 4.79 Å². The number of carbonyl (C=O) groups is 1. The average Bonchev–Trinajstić information content (AvgIpc) is 2.87. The van der Waals surface area contributed by atoms with Crippen LogP contribution in [-0.4, -0.2) is 25.2 Å². The van der Waals surface area contributed by atoms with E-state index in [9.17, 15) is 4.79 Å². The van der Waals surface area contributed by atoms with Crippen molar-refractivity contribution in [3.05, 3.63) is 11.5 Å². The second-order valence-corrected chi connectivity index (χ2v) is 5.60. The molecule has 2 aromatic heterocycles. The summed E-state index contributed by atoms with van der Waals surface area (Å²) in [6.07, 6.45) is 2.14. The molecule has 2 aromatic rings. The molecule has 1 unspecified atom stereocenters. The zero-order valence-electron chi connectivity index (χ0n) is 12.1. The lowest BCUT2D eigenvalue weighted by Gasteiger charge is -2.09. The highest BCUT2D eigenvalue weighted by atomic mass is 35.5. The van der Waals surface area contributed by atoms with Crippen LogP contribution in [0.4, 0.5) is 0 Å². The van der Waals surface area contributed by atoms with Gasteiger partial charge in [-0.15, -0.1) is 11.6 Å². The summed E-state index contributed by atoms with van der Waals surface area (Å²) in [5, 5.41) is 4.27. The van der Waals surface area contributed by atoms with Gasteiger partial charge in [-0.1, -0.05) is 13.3 Å². The standard InChI is InChI=1S/C13H20ClN5O/c1-4-5-9-11-13(18(3)17-9)19(7-6-10(15)20)12(16-11)8(2)14/h8H,4-7H2,1-3H3,(H2,15,20). The van der Waals surface area contributed by atoms with Gasteiger partial charge >= 0.3 is 0 Å². The first-order valence-corrected chi connectivity index (χ1v) is 7.23. The Kier molecular flexibility index (Phi) is 4.32. The smallest absolute Gasteiger partial charge is 0.219 e. The Hall–Kier alpha value is -1.56. The second kappa shape index (κ2) is 5.83. The highest BCUT2D eigenvalue weighted by Gasteiger charge is 2.21. The van der Waals surface area contributed by atoms with E-state index in [4.69, 9.17) is 17.3 Å². The highest BCUT2D eigenvalue weighted by Crippen LogP contribution is 2.27. The van der Waals surface area contributed by atoms with E-state index in [1.54, 1.807) is 4.68 Å². The van der Waals surface area contributed by atoms with Crippen molar-refractivity contribution >= 4 is 28.7 Å². The summed E-state index contributed by atoms with van der Waals surface area (Å²) in [5.74, 6) is 0.421. The molecule has 2 rings (SSSR count). The number of amides is 1. The number of hydrogen-bond acceptors (Lipinski definition) is 3. The highest BCUT2D eigenvalue weighted by molar-refractivity contribution is 6.20. The Morgan fingerprint density at radius 1 is 1.50 bits per heavy atom. The molecule has 0 aliphatic heterocycles. The fourth-order valence-corrected chi connectivity index (χ4v) is 2.58. The van der Waals surface area contributed by atoms with Gasteiger partial charge in [-0.05, 0) is 13.3 Å². The van der Waals surface area contributed by atoms with Crippen molar-refractivity contribution in [2.75, 3.05) is 0 Å². The monoisotopic (exact) mass is 297 g/mol. The summed E-state index contributed by atoms with van der Waals surface area (Å²) in [6, 6.07) is 0.